The van der Waals surface area contributed by atoms with Gasteiger partial charge < -0.3 is 20.1 Å². The van der Waals surface area contributed by atoms with Crippen LogP contribution >= 0.6 is 0 Å². The van der Waals surface area contributed by atoms with E-state index in [1.807, 2.05) is 25.1 Å². The van der Waals surface area contributed by atoms with Crippen LogP contribution in [-0.4, -0.2) is 30.9 Å². The average molecular weight is 418 g/mol. The number of para-hydroxylation sites is 2. The van der Waals surface area contributed by atoms with E-state index in [9.17, 15) is 14.4 Å². The van der Waals surface area contributed by atoms with Crippen LogP contribution in [0.3, 0.4) is 0 Å². The van der Waals surface area contributed by atoms with Crippen LogP contribution < -0.4 is 15.4 Å². The van der Waals surface area contributed by atoms with Crippen molar-refractivity contribution in [3.63, 3.8) is 0 Å². The Kier molecular flexibility index (Phi) is 7.37. The van der Waals surface area contributed by atoms with Crippen molar-refractivity contribution < 1.29 is 23.9 Å². The first-order valence-electron chi connectivity index (χ1n) is 9.74. The van der Waals surface area contributed by atoms with E-state index in [4.69, 9.17) is 9.47 Å². The van der Waals surface area contributed by atoms with Gasteiger partial charge in [-0.25, -0.2) is 4.79 Å². The Morgan fingerprint density at radius 1 is 0.871 bits per heavy atom. The summed E-state index contributed by atoms with van der Waals surface area (Å²) in [5.41, 5.74) is 1.05. The van der Waals surface area contributed by atoms with Crippen LogP contribution in [0.15, 0.2) is 78.9 Å². The molecule has 0 aliphatic carbocycles. The van der Waals surface area contributed by atoms with Gasteiger partial charge in [-0.05, 0) is 49.4 Å². The molecule has 2 N–H and O–H groups in total. The van der Waals surface area contributed by atoms with Gasteiger partial charge in [-0.15, -0.1) is 0 Å². The minimum absolute atomic E-state index is 0.206. The first kappa shape index (κ1) is 21.6. The third-order valence-corrected chi connectivity index (χ3v) is 4.16. The molecule has 0 aromatic heterocycles. The van der Waals surface area contributed by atoms with E-state index in [2.05, 4.69) is 10.6 Å². The topological polar surface area (TPSA) is 93.7 Å². The van der Waals surface area contributed by atoms with E-state index in [1.165, 1.54) is 0 Å². The van der Waals surface area contributed by atoms with E-state index in [0.717, 1.165) is 0 Å². The molecule has 0 saturated heterocycles. The molecule has 0 saturated carbocycles. The molecule has 0 heterocycles. The minimum atomic E-state index is -0.683. The molecule has 158 valence electrons. The molecule has 3 aromatic carbocycles. The summed E-state index contributed by atoms with van der Waals surface area (Å²) in [6.07, 6.45) is 0. The molecule has 0 bridgehead atoms. The van der Waals surface area contributed by atoms with Gasteiger partial charge in [-0.2, -0.15) is 0 Å². The SMILES string of the molecule is CCNC(=O)c1cccc(NC(=O)COC(=O)c2ccccc2Oc2ccccc2)c1. The molecule has 0 unspecified atom stereocenters. The third kappa shape index (κ3) is 6.17. The molecular formula is C24H22N2O5. The normalized spacial score (nSPS) is 10.1. The Bertz CT molecular complexity index is 1070. The van der Waals surface area contributed by atoms with Crippen molar-refractivity contribution in [1.82, 2.24) is 5.32 Å². The fraction of sp³-hybridized carbons (Fsp3) is 0.125. The lowest BCUT2D eigenvalue weighted by atomic mass is 10.2. The number of amides is 2. The lowest BCUT2D eigenvalue weighted by Crippen LogP contribution is -2.23. The summed E-state index contributed by atoms with van der Waals surface area (Å²) in [5, 5.41) is 5.30. The number of benzene rings is 3. The maximum Gasteiger partial charge on any atom is 0.342 e. The number of esters is 1. The smallest absolute Gasteiger partial charge is 0.342 e. The zero-order valence-electron chi connectivity index (χ0n) is 17.0. The van der Waals surface area contributed by atoms with Crippen LogP contribution in [-0.2, 0) is 9.53 Å². The largest absolute Gasteiger partial charge is 0.456 e. The Morgan fingerprint density at radius 3 is 2.39 bits per heavy atom. The number of rotatable bonds is 8. The van der Waals surface area contributed by atoms with Crippen LogP contribution in [0.5, 0.6) is 11.5 Å². The van der Waals surface area contributed by atoms with Gasteiger partial charge in [-0.1, -0.05) is 36.4 Å². The Labute approximate surface area is 180 Å². The predicted molar refractivity (Wildman–Crippen MR) is 116 cm³/mol. The van der Waals surface area contributed by atoms with Gasteiger partial charge in [0, 0.05) is 17.8 Å². The van der Waals surface area contributed by atoms with Gasteiger partial charge in [0.05, 0.1) is 0 Å². The summed E-state index contributed by atoms with van der Waals surface area (Å²) >= 11 is 0. The molecule has 2 amide bonds. The second kappa shape index (κ2) is 10.6. The molecule has 3 rings (SSSR count). The van der Waals surface area contributed by atoms with Gasteiger partial charge in [0.1, 0.15) is 17.1 Å². The Hall–Kier alpha value is -4.13. The summed E-state index contributed by atoms with van der Waals surface area (Å²) in [6.45, 7) is 1.84. The maximum absolute atomic E-state index is 12.5. The number of carbonyl (C=O) groups is 3. The van der Waals surface area contributed by atoms with Crippen molar-refractivity contribution in [2.24, 2.45) is 0 Å². The van der Waals surface area contributed by atoms with E-state index in [-0.39, 0.29) is 11.5 Å². The number of anilines is 1. The molecule has 0 fully saturated rings. The van der Waals surface area contributed by atoms with Gasteiger partial charge in [-0.3, -0.25) is 9.59 Å². The van der Waals surface area contributed by atoms with Gasteiger partial charge >= 0.3 is 5.97 Å². The highest BCUT2D eigenvalue weighted by molar-refractivity contribution is 5.99. The number of carbonyl (C=O) groups excluding carboxylic acids is 3. The summed E-state index contributed by atoms with van der Waals surface area (Å²) in [5.74, 6) is -0.540. The van der Waals surface area contributed by atoms with Gasteiger partial charge in [0.2, 0.25) is 0 Å². The number of nitrogens with one attached hydrogen (secondary N) is 2. The fourth-order valence-corrected chi connectivity index (χ4v) is 2.75. The van der Waals surface area contributed by atoms with Crippen molar-refractivity contribution in [3.8, 4) is 11.5 Å². The standard InChI is InChI=1S/C24H22N2O5/c1-2-25-23(28)17-9-8-10-18(15-17)26-22(27)16-30-24(29)20-13-6-7-14-21(20)31-19-11-4-3-5-12-19/h3-15H,2,16H2,1H3,(H,25,28)(H,26,27). The molecule has 0 radical (unpaired) electrons. The maximum atomic E-state index is 12.5. The average Bonchev–Trinajstić information content (AvgIpc) is 2.79. The lowest BCUT2D eigenvalue weighted by Gasteiger charge is -2.11. The fourth-order valence-electron chi connectivity index (χ4n) is 2.75. The van der Waals surface area contributed by atoms with Gasteiger partial charge in [0.15, 0.2) is 6.61 Å². The summed E-state index contributed by atoms with van der Waals surface area (Å²) in [6, 6.07) is 22.2. The van der Waals surface area contributed by atoms with Crippen molar-refractivity contribution in [2.45, 2.75) is 6.92 Å². The molecule has 7 nitrogen and oxygen atoms in total. The zero-order valence-corrected chi connectivity index (χ0v) is 17.0. The molecule has 3 aromatic rings. The Balaban J connectivity index is 1.59. The van der Waals surface area contributed by atoms with Crippen LogP contribution in [0, 0.1) is 0 Å². The van der Waals surface area contributed by atoms with Crippen LogP contribution in [0.25, 0.3) is 0 Å². The highest BCUT2D eigenvalue weighted by Gasteiger charge is 2.16. The molecule has 0 aliphatic rings. The first-order valence-corrected chi connectivity index (χ1v) is 9.74. The van der Waals surface area contributed by atoms with Gasteiger partial charge in [0.25, 0.3) is 11.8 Å². The van der Waals surface area contributed by atoms with Crippen molar-refractivity contribution in [1.29, 1.82) is 0 Å². The van der Waals surface area contributed by atoms with E-state index in [0.29, 0.717) is 29.3 Å². The second-order valence-electron chi connectivity index (χ2n) is 6.48. The monoisotopic (exact) mass is 418 g/mol. The zero-order chi connectivity index (χ0) is 22.1. The summed E-state index contributed by atoms with van der Waals surface area (Å²) in [4.78, 5) is 36.6. The molecule has 0 spiro atoms. The molecular weight excluding hydrogens is 396 g/mol. The molecule has 0 aliphatic heterocycles. The minimum Gasteiger partial charge on any atom is -0.456 e. The lowest BCUT2D eigenvalue weighted by molar-refractivity contribution is -0.119. The van der Waals surface area contributed by atoms with Crippen molar-refractivity contribution in [2.75, 3.05) is 18.5 Å². The Morgan fingerprint density at radius 2 is 1.61 bits per heavy atom. The van der Waals surface area contributed by atoms with E-state index >= 15 is 0 Å². The van der Waals surface area contributed by atoms with E-state index in [1.54, 1.807) is 60.7 Å². The van der Waals surface area contributed by atoms with Crippen LogP contribution in [0.4, 0.5) is 5.69 Å². The van der Waals surface area contributed by atoms with Crippen LogP contribution in [0.2, 0.25) is 0 Å². The summed E-state index contributed by atoms with van der Waals surface area (Å²) in [7, 11) is 0. The third-order valence-electron chi connectivity index (χ3n) is 4.16. The first-order chi connectivity index (χ1) is 15.1. The highest BCUT2D eigenvalue weighted by atomic mass is 16.5. The molecule has 0 atom stereocenters. The van der Waals surface area contributed by atoms with E-state index < -0.39 is 18.5 Å². The highest BCUT2D eigenvalue weighted by Crippen LogP contribution is 2.25. The quantitative estimate of drug-likeness (QED) is 0.539. The number of hydrogen-bond acceptors (Lipinski definition) is 5. The predicted octanol–water partition coefficient (Wildman–Crippen LogP) is 4.02. The van der Waals surface area contributed by atoms with Crippen LogP contribution in [0.1, 0.15) is 27.6 Å². The number of ether oxygens (including phenoxy) is 2. The second-order valence-corrected chi connectivity index (χ2v) is 6.48. The summed E-state index contributed by atoms with van der Waals surface area (Å²) < 4.78 is 10.9. The molecule has 7 heteroatoms. The molecule has 31 heavy (non-hydrogen) atoms. The van der Waals surface area contributed by atoms with Crippen molar-refractivity contribution >= 4 is 23.5 Å². The number of hydrogen-bond donors (Lipinski definition) is 2. The van der Waals surface area contributed by atoms with Crippen molar-refractivity contribution in [3.05, 3.63) is 90.0 Å².